The van der Waals surface area contributed by atoms with Gasteiger partial charge >= 0.3 is 0 Å². The molecule has 0 aromatic carbocycles. The van der Waals surface area contributed by atoms with E-state index in [4.69, 9.17) is 5.73 Å². The van der Waals surface area contributed by atoms with E-state index >= 15 is 0 Å². The molecule has 2 aromatic rings. The molecule has 0 saturated carbocycles. The van der Waals surface area contributed by atoms with Crippen LogP contribution in [-0.4, -0.2) is 27.2 Å². The molecule has 2 heterocycles. The number of rotatable bonds is 8. The van der Waals surface area contributed by atoms with Gasteiger partial charge in [-0.15, -0.1) is 0 Å². The van der Waals surface area contributed by atoms with E-state index in [1.54, 1.807) is 16.9 Å². The molecule has 0 aliphatic heterocycles. The number of unbranched alkanes of at least 4 members (excludes halogenated alkanes) is 3. The van der Waals surface area contributed by atoms with Gasteiger partial charge in [0.25, 0.3) is 5.91 Å². The van der Waals surface area contributed by atoms with Gasteiger partial charge in [0.2, 0.25) is 0 Å². The molecule has 120 valence electrons. The predicted octanol–water partition coefficient (Wildman–Crippen LogP) is 2.73. The smallest absolute Gasteiger partial charge is 0.272 e. The summed E-state index contributed by atoms with van der Waals surface area (Å²) < 4.78 is 1.80. The lowest BCUT2D eigenvalue weighted by molar-refractivity contribution is 0.0949. The van der Waals surface area contributed by atoms with Crippen molar-refractivity contribution in [2.24, 2.45) is 0 Å². The van der Waals surface area contributed by atoms with Crippen LogP contribution in [0.25, 0.3) is 11.0 Å². The van der Waals surface area contributed by atoms with Crippen LogP contribution in [0, 0.1) is 0 Å². The van der Waals surface area contributed by atoms with Crippen molar-refractivity contribution in [3.05, 3.63) is 18.0 Å². The molecule has 2 aromatic heterocycles. The Morgan fingerprint density at radius 3 is 2.77 bits per heavy atom. The number of amides is 1. The summed E-state index contributed by atoms with van der Waals surface area (Å²) >= 11 is 0. The fourth-order valence-electron chi connectivity index (χ4n) is 2.41. The van der Waals surface area contributed by atoms with E-state index in [9.17, 15) is 4.79 Å². The molecule has 1 amide bonds. The van der Waals surface area contributed by atoms with Gasteiger partial charge in [0.15, 0.2) is 11.3 Å². The van der Waals surface area contributed by atoms with Crippen molar-refractivity contribution in [2.45, 2.75) is 52.5 Å². The summed E-state index contributed by atoms with van der Waals surface area (Å²) in [4.78, 5) is 16.7. The number of hydrogen-bond donors (Lipinski definition) is 2. The lowest BCUT2D eigenvalue weighted by atomic mass is 10.2. The van der Waals surface area contributed by atoms with Crippen molar-refractivity contribution in [1.29, 1.82) is 0 Å². The molecule has 0 spiro atoms. The number of nitrogens with two attached hydrogens (primary N) is 1. The van der Waals surface area contributed by atoms with Crippen molar-refractivity contribution < 1.29 is 4.79 Å². The SMILES string of the molecule is CCCCCn1nc(C(=O)NCCCC)c2c(N)ccnc21. The van der Waals surface area contributed by atoms with Gasteiger partial charge in [-0.05, 0) is 18.9 Å². The first-order valence-electron chi connectivity index (χ1n) is 8.08. The van der Waals surface area contributed by atoms with Crippen molar-refractivity contribution in [3.63, 3.8) is 0 Å². The van der Waals surface area contributed by atoms with Gasteiger partial charge in [-0.2, -0.15) is 5.10 Å². The summed E-state index contributed by atoms with van der Waals surface area (Å²) in [6, 6.07) is 1.71. The monoisotopic (exact) mass is 303 g/mol. The van der Waals surface area contributed by atoms with Gasteiger partial charge in [0, 0.05) is 25.0 Å². The molecular weight excluding hydrogens is 278 g/mol. The van der Waals surface area contributed by atoms with E-state index in [1.807, 2.05) is 0 Å². The third-order valence-corrected chi connectivity index (χ3v) is 3.67. The zero-order valence-corrected chi connectivity index (χ0v) is 13.4. The third-order valence-electron chi connectivity index (χ3n) is 3.67. The first-order valence-corrected chi connectivity index (χ1v) is 8.08. The number of aromatic nitrogens is 3. The van der Waals surface area contributed by atoms with Gasteiger partial charge in [0.1, 0.15) is 0 Å². The Balaban J connectivity index is 2.30. The predicted molar refractivity (Wildman–Crippen MR) is 88.7 cm³/mol. The van der Waals surface area contributed by atoms with Crippen LogP contribution in [0.3, 0.4) is 0 Å². The Bertz CT molecular complexity index is 635. The van der Waals surface area contributed by atoms with Crippen LogP contribution in [0.15, 0.2) is 12.3 Å². The first kappa shape index (κ1) is 16.3. The number of carbonyl (C=O) groups is 1. The minimum atomic E-state index is -0.174. The Morgan fingerprint density at radius 1 is 1.27 bits per heavy atom. The molecule has 0 fully saturated rings. The van der Waals surface area contributed by atoms with E-state index in [1.165, 1.54) is 0 Å². The van der Waals surface area contributed by atoms with E-state index in [-0.39, 0.29) is 5.91 Å². The molecule has 0 aliphatic rings. The lowest BCUT2D eigenvalue weighted by Crippen LogP contribution is -2.25. The number of pyridine rings is 1. The summed E-state index contributed by atoms with van der Waals surface area (Å²) in [5.41, 5.74) is 7.67. The standard InChI is InChI=1S/C16H25N5O/c1-3-5-7-11-21-15-13(12(17)8-10-18-15)14(20-21)16(22)19-9-6-4-2/h8,10H,3-7,9,11H2,1-2H3,(H2,17,18)(H,19,22). The van der Waals surface area contributed by atoms with Crippen molar-refractivity contribution in [2.75, 3.05) is 12.3 Å². The number of nitrogens with zero attached hydrogens (tertiary/aromatic N) is 3. The number of fused-ring (bicyclic) bond motifs is 1. The molecule has 0 atom stereocenters. The molecule has 6 nitrogen and oxygen atoms in total. The molecular formula is C16H25N5O. The molecule has 2 rings (SSSR count). The Morgan fingerprint density at radius 2 is 2.05 bits per heavy atom. The maximum Gasteiger partial charge on any atom is 0.272 e. The number of carbonyl (C=O) groups excluding carboxylic acids is 1. The van der Waals surface area contributed by atoms with E-state index in [2.05, 4.69) is 29.2 Å². The molecule has 6 heteroatoms. The van der Waals surface area contributed by atoms with Crippen molar-refractivity contribution in [1.82, 2.24) is 20.1 Å². The highest BCUT2D eigenvalue weighted by atomic mass is 16.1. The quantitative estimate of drug-likeness (QED) is 0.734. The summed E-state index contributed by atoms with van der Waals surface area (Å²) in [6.07, 6.45) is 6.93. The minimum Gasteiger partial charge on any atom is -0.398 e. The van der Waals surface area contributed by atoms with Crippen LogP contribution in [0.2, 0.25) is 0 Å². The normalized spacial score (nSPS) is 11.0. The number of nitrogens with one attached hydrogen (secondary N) is 1. The van der Waals surface area contributed by atoms with E-state index in [0.29, 0.717) is 29.0 Å². The Hall–Kier alpha value is -2.11. The van der Waals surface area contributed by atoms with Crippen LogP contribution in [0.4, 0.5) is 5.69 Å². The molecule has 0 radical (unpaired) electrons. The summed E-state index contributed by atoms with van der Waals surface area (Å²) in [6.45, 7) is 5.65. The topological polar surface area (TPSA) is 85.8 Å². The first-order chi connectivity index (χ1) is 10.7. The highest BCUT2D eigenvalue weighted by Gasteiger charge is 2.19. The summed E-state index contributed by atoms with van der Waals surface area (Å²) in [5, 5.41) is 8.02. The summed E-state index contributed by atoms with van der Waals surface area (Å²) in [7, 11) is 0. The van der Waals surface area contributed by atoms with E-state index in [0.717, 1.165) is 38.6 Å². The second-order valence-corrected chi connectivity index (χ2v) is 5.49. The maximum atomic E-state index is 12.4. The second kappa shape index (κ2) is 7.77. The highest BCUT2D eigenvalue weighted by molar-refractivity contribution is 6.08. The largest absolute Gasteiger partial charge is 0.398 e. The van der Waals surface area contributed by atoms with Gasteiger partial charge in [-0.3, -0.25) is 4.79 Å². The molecule has 0 saturated heterocycles. The highest BCUT2D eigenvalue weighted by Crippen LogP contribution is 2.23. The van der Waals surface area contributed by atoms with Crippen LogP contribution in [0.1, 0.15) is 56.4 Å². The molecule has 0 aliphatic carbocycles. The Labute approximate surface area is 131 Å². The maximum absolute atomic E-state index is 12.4. The van der Waals surface area contributed by atoms with Crippen LogP contribution in [0.5, 0.6) is 0 Å². The Kier molecular flexibility index (Phi) is 5.75. The number of hydrogen-bond acceptors (Lipinski definition) is 4. The molecule has 3 N–H and O–H groups in total. The summed E-state index contributed by atoms with van der Waals surface area (Å²) in [5.74, 6) is -0.174. The number of anilines is 1. The number of nitrogen functional groups attached to an aromatic ring is 1. The van der Waals surface area contributed by atoms with Crippen LogP contribution >= 0.6 is 0 Å². The molecule has 0 unspecified atom stereocenters. The molecule has 22 heavy (non-hydrogen) atoms. The zero-order chi connectivity index (χ0) is 15.9. The van der Waals surface area contributed by atoms with Gasteiger partial charge in [-0.25, -0.2) is 9.67 Å². The van der Waals surface area contributed by atoms with Crippen molar-refractivity contribution >= 4 is 22.6 Å². The van der Waals surface area contributed by atoms with Gasteiger partial charge in [0.05, 0.1) is 5.39 Å². The average Bonchev–Trinajstić information content (AvgIpc) is 2.88. The fourth-order valence-corrected chi connectivity index (χ4v) is 2.41. The third kappa shape index (κ3) is 3.55. The lowest BCUT2D eigenvalue weighted by Gasteiger charge is -2.02. The number of aryl methyl sites for hydroxylation is 1. The van der Waals surface area contributed by atoms with E-state index < -0.39 is 0 Å². The average molecular weight is 303 g/mol. The van der Waals surface area contributed by atoms with Crippen LogP contribution < -0.4 is 11.1 Å². The zero-order valence-electron chi connectivity index (χ0n) is 13.4. The van der Waals surface area contributed by atoms with Crippen molar-refractivity contribution in [3.8, 4) is 0 Å². The van der Waals surface area contributed by atoms with Crippen LogP contribution in [-0.2, 0) is 6.54 Å². The second-order valence-electron chi connectivity index (χ2n) is 5.49. The minimum absolute atomic E-state index is 0.174. The van der Waals surface area contributed by atoms with Gasteiger partial charge in [-0.1, -0.05) is 33.1 Å². The van der Waals surface area contributed by atoms with Gasteiger partial charge < -0.3 is 11.1 Å². The molecule has 0 bridgehead atoms. The fraction of sp³-hybridized carbons (Fsp3) is 0.562.